The number of carboxylic acids is 1. The Labute approximate surface area is 112 Å². The van der Waals surface area contributed by atoms with Crippen LogP contribution in [0.15, 0.2) is 18.2 Å². The lowest BCUT2D eigenvalue weighted by molar-refractivity contribution is -0.148. The average Bonchev–Trinajstić information content (AvgIpc) is 2.66. The molecule has 4 heteroatoms. The largest absolute Gasteiger partial charge is 0.480 e. The Bertz CT molecular complexity index is 475. The van der Waals surface area contributed by atoms with Crippen molar-refractivity contribution < 1.29 is 9.90 Å². The predicted octanol–water partition coefficient (Wildman–Crippen LogP) is 3.09. The van der Waals surface area contributed by atoms with Crippen LogP contribution in [0.1, 0.15) is 30.9 Å². The number of aryl methyl sites for hydroxylation is 1. The van der Waals surface area contributed by atoms with Crippen LogP contribution >= 0.6 is 11.6 Å². The maximum atomic E-state index is 11.4. The normalized spacial score (nSPS) is 24.4. The molecule has 0 aromatic heterocycles. The number of benzene rings is 1. The maximum Gasteiger partial charge on any atom is 0.323 e. The van der Waals surface area contributed by atoms with E-state index in [9.17, 15) is 9.90 Å². The van der Waals surface area contributed by atoms with Crippen molar-refractivity contribution in [1.29, 1.82) is 0 Å². The number of likely N-dealkylation sites (tertiary alicyclic amines) is 1. The fraction of sp³-hybridized carbons (Fsp3) is 0.500. The van der Waals surface area contributed by atoms with Crippen LogP contribution in [0.25, 0.3) is 0 Å². The fourth-order valence-corrected chi connectivity index (χ4v) is 2.80. The van der Waals surface area contributed by atoms with Crippen LogP contribution in [0.4, 0.5) is 0 Å². The number of hydrogen-bond acceptors (Lipinski definition) is 2. The Morgan fingerprint density at radius 1 is 1.56 bits per heavy atom. The second kappa shape index (κ2) is 4.90. The summed E-state index contributed by atoms with van der Waals surface area (Å²) in [5.74, 6) is -0.747. The monoisotopic (exact) mass is 267 g/mol. The lowest BCUT2D eigenvalue weighted by atomic mass is 9.98. The summed E-state index contributed by atoms with van der Waals surface area (Å²) in [7, 11) is 0. The summed E-state index contributed by atoms with van der Waals surface area (Å²) in [6, 6.07) is 5.92. The van der Waals surface area contributed by atoms with Crippen LogP contribution in [0, 0.1) is 6.92 Å². The molecule has 1 atom stereocenters. The van der Waals surface area contributed by atoms with Crippen molar-refractivity contribution >= 4 is 17.6 Å². The summed E-state index contributed by atoms with van der Waals surface area (Å²) in [4.78, 5) is 13.4. The van der Waals surface area contributed by atoms with E-state index in [0.717, 1.165) is 29.1 Å². The van der Waals surface area contributed by atoms with E-state index in [1.165, 1.54) is 0 Å². The third-order valence-corrected chi connectivity index (χ3v) is 4.17. The molecule has 0 bridgehead atoms. The molecule has 1 aromatic rings. The lowest BCUT2D eigenvalue weighted by Crippen LogP contribution is -2.47. The third-order valence-electron chi connectivity index (χ3n) is 3.82. The molecular formula is C14H18ClNO2. The molecule has 18 heavy (non-hydrogen) atoms. The molecule has 98 valence electrons. The van der Waals surface area contributed by atoms with Gasteiger partial charge in [0.05, 0.1) is 0 Å². The Balaban J connectivity index is 2.21. The molecule has 2 rings (SSSR count). The topological polar surface area (TPSA) is 40.5 Å². The average molecular weight is 268 g/mol. The summed E-state index contributed by atoms with van der Waals surface area (Å²) >= 11 is 6.21. The van der Waals surface area contributed by atoms with Crippen LogP contribution < -0.4 is 0 Å². The zero-order valence-electron chi connectivity index (χ0n) is 10.7. The van der Waals surface area contributed by atoms with Crippen molar-refractivity contribution in [2.24, 2.45) is 0 Å². The smallest absolute Gasteiger partial charge is 0.323 e. The van der Waals surface area contributed by atoms with Crippen LogP contribution in [0.2, 0.25) is 5.02 Å². The van der Waals surface area contributed by atoms with E-state index in [0.29, 0.717) is 13.0 Å². The van der Waals surface area contributed by atoms with E-state index in [-0.39, 0.29) is 0 Å². The lowest BCUT2D eigenvalue weighted by Gasteiger charge is -2.31. The van der Waals surface area contributed by atoms with Gasteiger partial charge in [-0.25, -0.2) is 0 Å². The first-order valence-electron chi connectivity index (χ1n) is 6.17. The van der Waals surface area contributed by atoms with E-state index in [4.69, 9.17) is 11.6 Å². The number of hydrogen-bond donors (Lipinski definition) is 1. The molecule has 0 amide bonds. The van der Waals surface area contributed by atoms with Crippen LogP contribution in [-0.4, -0.2) is 28.1 Å². The molecule has 1 saturated heterocycles. The first kappa shape index (κ1) is 13.4. The molecular weight excluding hydrogens is 250 g/mol. The molecule has 0 aliphatic carbocycles. The highest BCUT2D eigenvalue weighted by Gasteiger charge is 2.43. The van der Waals surface area contributed by atoms with Gasteiger partial charge in [0.15, 0.2) is 0 Å². The van der Waals surface area contributed by atoms with Crippen molar-refractivity contribution in [3.63, 3.8) is 0 Å². The van der Waals surface area contributed by atoms with E-state index in [1.54, 1.807) is 6.92 Å². The van der Waals surface area contributed by atoms with Gasteiger partial charge in [0.25, 0.3) is 0 Å². The summed E-state index contributed by atoms with van der Waals surface area (Å²) in [5.41, 5.74) is 1.36. The van der Waals surface area contributed by atoms with Gasteiger partial charge < -0.3 is 5.11 Å². The second-order valence-electron chi connectivity index (χ2n) is 5.20. The first-order chi connectivity index (χ1) is 8.43. The highest BCUT2D eigenvalue weighted by atomic mass is 35.5. The first-order valence-corrected chi connectivity index (χ1v) is 6.55. The van der Waals surface area contributed by atoms with Gasteiger partial charge in [0.1, 0.15) is 5.54 Å². The molecule has 1 heterocycles. The van der Waals surface area contributed by atoms with Gasteiger partial charge in [0.2, 0.25) is 0 Å². The minimum atomic E-state index is -0.756. The summed E-state index contributed by atoms with van der Waals surface area (Å²) < 4.78 is 0. The second-order valence-corrected chi connectivity index (χ2v) is 5.61. The van der Waals surface area contributed by atoms with Crippen molar-refractivity contribution in [3.8, 4) is 0 Å². The number of aliphatic carboxylic acids is 1. The van der Waals surface area contributed by atoms with Crippen LogP contribution in [0.3, 0.4) is 0 Å². The van der Waals surface area contributed by atoms with E-state index >= 15 is 0 Å². The van der Waals surface area contributed by atoms with Gasteiger partial charge in [0, 0.05) is 11.6 Å². The van der Waals surface area contributed by atoms with Crippen molar-refractivity contribution in [2.45, 2.75) is 38.8 Å². The Hall–Kier alpha value is -1.06. The number of carboxylic acid groups (broad SMARTS) is 1. The molecule has 3 nitrogen and oxygen atoms in total. The summed E-state index contributed by atoms with van der Waals surface area (Å²) in [6.45, 7) is 5.20. The third kappa shape index (κ3) is 2.38. The molecule has 0 saturated carbocycles. The zero-order valence-corrected chi connectivity index (χ0v) is 11.5. The van der Waals surface area contributed by atoms with Gasteiger partial charge in [-0.15, -0.1) is 0 Å². The minimum absolute atomic E-state index is 0.599. The van der Waals surface area contributed by atoms with Gasteiger partial charge in [-0.3, -0.25) is 9.69 Å². The number of carbonyl (C=O) groups is 1. The maximum absolute atomic E-state index is 11.4. The van der Waals surface area contributed by atoms with Gasteiger partial charge in [-0.2, -0.15) is 0 Å². The Morgan fingerprint density at radius 2 is 2.28 bits per heavy atom. The van der Waals surface area contributed by atoms with Crippen LogP contribution in [0.5, 0.6) is 0 Å². The molecule has 0 radical (unpaired) electrons. The van der Waals surface area contributed by atoms with E-state index < -0.39 is 11.5 Å². The molecule has 1 aliphatic rings. The standard InChI is InChI=1S/C14H18ClNO2/c1-10-4-5-11(12(15)8-10)9-16-7-3-6-14(16,2)13(17)18/h4-5,8H,3,6-7,9H2,1-2H3,(H,17,18). The van der Waals surface area contributed by atoms with Gasteiger partial charge in [-0.1, -0.05) is 23.7 Å². The number of rotatable bonds is 3. The quantitative estimate of drug-likeness (QED) is 0.915. The number of nitrogens with zero attached hydrogens (tertiary/aromatic N) is 1. The van der Waals surface area contributed by atoms with Crippen LogP contribution in [-0.2, 0) is 11.3 Å². The van der Waals surface area contributed by atoms with E-state index in [2.05, 4.69) is 0 Å². The number of halogens is 1. The van der Waals surface area contributed by atoms with Crippen molar-refractivity contribution in [1.82, 2.24) is 4.90 Å². The zero-order chi connectivity index (χ0) is 13.3. The summed E-state index contributed by atoms with van der Waals surface area (Å²) in [6.07, 6.45) is 1.62. The van der Waals surface area contributed by atoms with Gasteiger partial charge in [-0.05, 0) is 50.4 Å². The SMILES string of the molecule is Cc1ccc(CN2CCCC2(C)C(=O)O)c(Cl)c1. The Kier molecular flexibility index (Phi) is 3.64. The predicted molar refractivity (Wildman–Crippen MR) is 71.9 cm³/mol. The molecule has 0 spiro atoms. The van der Waals surface area contributed by atoms with Crippen molar-refractivity contribution in [3.05, 3.63) is 34.3 Å². The molecule has 1 aliphatic heterocycles. The Morgan fingerprint density at radius 3 is 2.89 bits per heavy atom. The highest BCUT2D eigenvalue weighted by Crippen LogP contribution is 2.32. The summed E-state index contributed by atoms with van der Waals surface area (Å²) in [5, 5.41) is 10.1. The van der Waals surface area contributed by atoms with Gasteiger partial charge >= 0.3 is 5.97 Å². The van der Waals surface area contributed by atoms with Crippen molar-refractivity contribution in [2.75, 3.05) is 6.54 Å². The minimum Gasteiger partial charge on any atom is -0.480 e. The fourth-order valence-electron chi connectivity index (χ4n) is 2.50. The molecule has 1 aromatic carbocycles. The molecule has 1 fully saturated rings. The molecule has 1 N–H and O–H groups in total. The van der Waals surface area contributed by atoms with E-state index in [1.807, 2.05) is 30.0 Å². The highest BCUT2D eigenvalue weighted by molar-refractivity contribution is 6.31. The molecule has 1 unspecified atom stereocenters.